The number of rotatable bonds is 4. The van der Waals surface area contributed by atoms with Gasteiger partial charge in [-0.25, -0.2) is 8.42 Å². The van der Waals surface area contributed by atoms with E-state index in [-0.39, 0.29) is 0 Å². The highest BCUT2D eigenvalue weighted by atomic mass is 32.2. The molecule has 0 bridgehead atoms. The third-order valence-electron chi connectivity index (χ3n) is 4.11. The quantitative estimate of drug-likeness (QED) is 0.871. The van der Waals surface area contributed by atoms with Crippen LogP contribution in [-0.2, 0) is 16.4 Å². The molecule has 5 heteroatoms. The molecule has 1 aliphatic rings. The van der Waals surface area contributed by atoms with Gasteiger partial charge in [-0.15, -0.1) is 0 Å². The summed E-state index contributed by atoms with van der Waals surface area (Å²) in [7, 11) is -3.37. The van der Waals surface area contributed by atoms with Crippen LogP contribution in [0.2, 0.25) is 0 Å². The molecule has 0 saturated carbocycles. The summed E-state index contributed by atoms with van der Waals surface area (Å²) in [5.74, 6) is 0.358. The lowest BCUT2D eigenvalue weighted by atomic mass is 9.93. The average molecular weight is 316 g/mol. The fraction of sp³-hybridized carbons (Fsp3) is 0.353. The summed E-state index contributed by atoms with van der Waals surface area (Å²) < 4.78 is 27.0. The van der Waals surface area contributed by atoms with Gasteiger partial charge in [-0.05, 0) is 48.9 Å². The van der Waals surface area contributed by atoms with Crippen molar-refractivity contribution in [1.29, 1.82) is 0 Å². The Morgan fingerprint density at radius 1 is 1.14 bits per heavy atom. The number of sulfonamides is 1. The lowest BCUT2D eigenvalue weighted by molar-refractivity contribution is 0.265. The highest BCUT2D eigenvalue weighted by Crippen LogP contribution is 2.25. The standard InChI is InChI=1S/C17H20N2O2S/c20-22(21,17-8-2-1-3-9-17)19-11-5-7-16(14-19)12-15-6-4-10-18-13-15/h1-4,6,8-10,13,16H,5,7,11-12,14H2/t16-/m1/s1. The largest absolute Gasteiger partial charge is 0.264 e. The fourth-order valence-corrected chi connectivity index (χ4v) is 4.58. The van der Waals surface area contributed by atoms with Gasteiger partial charge in [-0.1, -0.05) is 24.3 Å². The van der Waals surface area contributed by atoms with Crippen molar-refractivity contribution in [1.82, 2.24) is 9.29 Å². The predicted molar refractivity (Wildman–Crippen MR) is 85.9 cm³/mol. The first-order valence-corrected chi connectivity index (χ1v) is 9.04. The van der Waals surface area contributed by atoms with Crippen molar-refractivity contribution >= 4 is 10.0 Å². The minimum Gasteiger partial charge on any atom is -0.264 e. The van der Waals surface area contributed by atoms with Crippen molar-refractivity contribution in [3.8, 4) is 0 Å². The van der Waals surface area contributed by atoms with Crippen LogP contribution in [0.1, 0.15) is 18.4 Å². The van der Waals surface area contributed by atoms with Crippen LogP contribution in [0.15, 0.2) is 59.8 Å². The third kappa shape index (κ3) is 3.36. The Morgan fingerprint density at radius 3 is 2.68 bits per heavy atom. The van der Waals surface area contributed by atoms with Gasteiger partial charge in [-0.2, -0.15) is 4.31 Å². The van der Waals surface area contributed by atoms with Gasteiger partial charge in [0.1, 0.15) is 0 Å². The molecule has 1 fully saturated rings. The van der Waals surface area contributed by atoms with Gasteiger partial charge in [-0.3, -0.25) is 4.98 Å². The Labute approximate surface area is 131 Å². The van der Waals surface area contributed by atoms with Crippen molar-refractivity contribution in [2.75, 3.05) is 13.1 Å². The fourth-order valence-electron chi connectivity index (χ4n) is 3.01. The Bertz CT molecular complexity index is 702. The molecule has 0 N–H and O–H groups in total. The first kappa shape index (κ1) is 15.2. The van der Waals surface area contributed by atoms with Crippen LogP contribution in [0.4, 0.5) is 0 Å². The van der Waals surface area contributed by atoms with Gasteiger partial charge in [0, 0.05) is 25.5 Å². The molecule has 116 valence electrons. The molecule has 2 aromatic rings. The minimum absolute atomic E-state index is 0.358. The zero-order chi connectivity index (χ0) is 15.4. The summed E-state index contributed by atoms with van der Waals surface area (Å²) >= 11 is 0. The first-order chi connectivity index (χ1) is 10.7. The van der Waals surface area contributed by atoms with Crippen LogP contribution in [0.3, 0.4) is 0 Å². The van der Waals surface area contributed by atoms with Crippen molar-refractivity contribution in [3.05, 3.63) is 60.4 Å². The number of benzene rings is 1. The van der Waals surface area contributed by atoms with E-state index in [0.717, 1.165) is 19.3 Å². The Morgan fingerprint density at radius 2 is 1.95 bits per heavy atom. The average Bonchev–Trinajstić information content (AvgIpc) is 2.57. The van der Waals surface area contributed by atoms with Crippen LogP contribution in [0.25, 0.3) is 0 Å². The summed E-state index contributed by atoms with van der Waals surface area (Å²) in [6, 6.07) is 12.7. The molecule has 22 heavy (non-hydrogen) atoms. The Kier molecular flexibility index (Phi) is 4.55. The molecule has 4 nitrogen and oxygen atoms in total. The van der Waals surface area contributed by atoms with Crippen molar-refractivity contribution in [2.45, 2.75) is 24.2 Å². The number of aromatic nitrogens is 1. The second-order valence-electron chi connectivity index (χ2n) is 5.75. The predicted octanol–water partition coefficient (Wildman–Crippen LogP) is 2.73. The molecule has 1 aromatic carbocycles. The maximum Gasteiger partial charge on any atom is 0.243 e. The normalized spacial score (nSPS) is 19.9. The van der Waals surface area contributed by atoms with Gasteiger partial charge in [0.05, 0.1) is 4.90 Å². The van der Waals surface area contributed by atoms with E-state index < -0.39 is 10.0 Å². The maximum absolute atomic E-state index is 12.7. The molecule has 0 unspecified atom stereocenters. The van der Waals surface area contributed by atoms with Gasteiger partial charge in [0.2, 0.25) is 10.0 Å². The first-order valence-electron chi connectivity index (χ1n) is 7.60. The summed E-state index contributed by atoms with van der Waals surface area (Å²) in [6.07, 6.45) is 6.49. The molecule has 1 saturated heterocycles. The second kappa shape index (κ2) is 6.58. The third-order valence-corrected chi connectivity index (χ3v) is 5.99. The summed E-state index contributed by atoms with van der Waals surface area (Å²) in [6.45, 7) is 1.20. The molecule has 0 amide bonds. The van der Waals surface area contributed by atoms with Crippen molar-refractivity contribution in [3.63, 3.8) is 0 Å². The number of nitrogens with zero attached hydrogens (tertiary/aromatic N) is 2. The Hall–Kier alpha value is -1.72. The smallest absolute Gasteiger partial charge is 0.243 e. The SMILES string of the molecule is O=S(=O)(c1ccccc1)N1CCC[C@H](Cc2cccnc2)C1. The van der Waals surface area contributed by atoms with E-state index in [0.29, 0.717) is 23.9 Å². The lowest BCUT2D eigenvalue weighted by Gasteiger charge is -2.32. The molecule has 1 aromatic heterocycles. The molecule has 3 rings (SSSR count). The molecule has 1 atom stereocenters. The van der Waals surface area contributed by atoms with Gasteiger partial charge >= 0.3 is 0 Å². The van der Waals surface area contributed by atoms with Gasteiger partial charge in [0.25, 0.3) is 0 Å². The zero-order valence-electron chi connectivity index (χ0n) is 12.4. The number of hydrogen-bond donors (Lipinski definition) is 0. The molecule has 0 spiro atoms. The number of hydrogen-bond acceptors (Lipinski definition) is 3. The summed E-state index contributed by atoms with van der Waals surface area (Å²) in [5, 5.41) is 0. The highest BCUT2D eigenvalue weighted by molar-refractivity contribution is 7.89. The van der Waals surface area contributed by atoms with Crippen LogP contribution in [0.5, 0.6) is 0 Å². The monoisotopic (exact) mass is 316 g/mol. The van der Waals surface area contributed by atoms with Gasteiger partial charge in [0.15, 0.2) is 0 Å². The number of pyridine rings is 1. The van der Waals surface area contributed by atoms with Crippen LogP contribution in [-0.4, -0.2) is 30.8 Å². The topological polar surface area (TPSA) is 50.3 Å². The van der Waals surface area contributed by atoms with Crippen LogP contribution >= 0.6 is 0 Å². The zero-order valence-corrected chi connectivity index (χ0v) is 13.2. The van der Waals surface area contributed by atoms with E-state index in [1.54, 1.807) is 34.8 Å². The second-order valence-corrected chi connectivity index (χ2v) is 7.69. The van der Waals surface area contributed by atoms with Crippen LogP contribution in [0, 0.1) is 5.92 Å². The number of piperidine rings is 1. The van der Waals surface area contributed by atoms with Crippen molar-refractivity contribution in [2.24, 2.45) is 5.92 Å². The molecule has 0 aliphatic carbocycles. The molecular weight excluding hydrogens is 296 g/mol. The van der Waals surface area contributed by atoms with E-state index in [9.17, 15) is 8.42 Å². The molecular formula is C17H20N2O2S. The summed E-state index contributed by atoms with van der Waals surface area (Å²) in [4.78, 5) is 4.52. The molecule has 2 heterocycles. The van der Waals surface area contributed by atoms with Crippen molar-refractivity contribution < 1.29 is 8.42 Å². The maximum atomic E-state index is 12.7. The molecule has 1 aliphatic heterocycles. The van der Waals surface area contributed by atoms with E-state index in [1.807, 2.05) is 18.3 Å². The highest BCUT2D eigenvalue weighted by Gasteiger charge is 2.30. The minimum atomic E-state index is -3.37. The lowest BCUT2D eigenvalue weighted by Crippen LogP contribution is -2.40. The van der Waals surface area contributed by atoms with Crippen LogP contribution < -0.4 is 0 Å². The molecule has 0 radical (unpaired) electrons. The van der Waals surface area contributed by atoms with E-state index in [4.69, 9.17) is 0 Å². The van der Waals surface area contributed by atoms with E-state index >= 15 is 0 Å². The summed E-state index contributed by atoms with van der Waals surface area (Å²) in [5.41, 5.74) is 1.17. The van der Waals surface area contributed by atoms with E-state index in [1.165, 1.54) is 5.56 Å². The Balaban J connectivity index is 1.73. The van der Waals surface area contributed by atoms with Gasteiger partial charge < -0.3 is 0 Å². The van der Waals surface area contributed by atoms with E-state index in [2.05, 4.69) is 11.1 Å².